The summed E-state index contributed by atoms with van der Waals surface area (Å²) in [7, 11) is 0. The Balaban J connectivity index is 1.02. The average Bonchev–Trinajstić information content (AvgIpc) is 3.60. The maximum Gasteiger partial charge on any atom is 0.0462 e. The van der Waals surface area contributed by atoms with E-state index in [9.17, 15) is 0 Å². The van der Waals surface area contributed by atoms with Gasteiger partial charge in [-0.05, 0) is 185 Å². The van der Waals surface area contributed by atoms with Gasteiger partial charge in [0.1, 0.15) is 0 Å². The molecular formula is C78H56N2. The van der Waals surface area contributed by atoms with Gasteiger partial charge in [0.15, 0.2) is 0 Å². The van der Waals surface area contributed by atoms with E-state index in [1.807, 2.05) is 0 Å². The number of nitrogens with zero attached hydrogens (tertiary/aromatic N) is 2. The summed E-state index contributed by atoms with van der Waals surface area (Å²) in [5.41, 5.74) is 20.5. The first-order chi connectivity index (χ1) is 39.7. The Bertz CT molecular complexity index is 3930. The first kappa shape index (κ1) is 49.1. The second-order valence-corrected chi connectivity index (χ2v) is 20.1. The van der Waals surface area contributed by atoms with Gasteiger partial charge in [-0.1, -0.05) is 243 Å². The van der Waals surface area contributed by atoms with Crippen molar-refractivity contribution in [2.75, 3.05) is 9.80 Å². The first-order valence-electron chi connectivity index (χ1n) is 27.4. The Morgan fingerprint density at radius 1 is 0.175 bits per heavy atom. The maximum absolute atomic E-state index is 2.43. The summed E-state index contributed by atoms with van der Waals surface area (Å²) >= 11 is 0. The molecule has 13 rings (SSSR count). The molecule has 0 unspecified atom stereocenters. The summed E-state index contributed by atoms with van der Waals surface area (Å²) in [5.74, 6) is 0. The lowest BCUT2D eigenvalue weighted by Crippen LogP contribution is -2.09. The van der Waals surface area contributed by atoms with E-state index < -0.39 is 0 Å². The van der Waals surface area contributed by atoms with E-state index in [0.717, 1.165) is 78.6 Å². The summed E-state index contributed by atoms with van der Waals surface area (Å²) in [6, 6.07) is 114. The van der Waals surface area contributed by atoms with Crippen molar-refractivity contribution in [3.63, 3.8) is 0 Å². The SMILES string of the molecule is C(=Cc1cccc(-c2ccc3c(-c4ccc(N(c5ccccc5)c5ccccc5)cc4)c4cc(-c5cccc(C=Cc6ccccc6)c5)ccc4c(-c4ccc(N(c5ccccc5)c5ccccc5)cc4)c3c2)c1)c1ccccc1. The summed E-state index contributed by atoms with van der Waals surface area (Å²) in [6.07, 6.45) is 8.79. The molecule has 0 atom stereocenters. The van der Waals surface area contributed by atoms with Gasteiger partial charge in [-0.3, -0.25) is 0 Å². The Hall–Kier alpha value is -10.5. The molecule has 378 valence electrons. The molecule has 0 fully saturated rings. The monoisotopic (exact) mass is 1020 g/mol. The predicted molar refractivity (Wildman–Crippen MR) is 343 cm³/mol. The summed E-state index contributed by atoms with van der Waals surface area (Å²) in [4.78, 5) is 4.66. The van der Waals surface area contributed by atoms with E-state index in [2.05, 4.69) is 350 Å². The number of rotatable bonds is 14. The van der Waals surface area contributed by atoms with E-state index in [4.69, 9.17) is 0 Å². The second-order valence-electron chi connectivity index (χ2n) is 20.1. The largest absolute Gasteiger partial charge is 0.311 e. The molecule has 80 heavy (non-hydrogen) atoms. The average molecular weight is 1020 g/mol. The van der Waals surface area contributed by atoms with Gasteiger partial charge >= 0.3 is 0 Å². The molecule has 0 N–H and O–H groups in total. The van der Waals surface area contributed by atoms with Gasteiger partial charge < -0.3 is 9.80 Å². The maximum atomic E-state index is 2.43. The fourth-order valence-electron chi connectivity index (χ4n) is 11.1. The molecule has 2 heteroatoms. The molecule has 0 spiro atoms. The third-order valence-electron chi connectivity index (χ3n) is 15.0. The lowest BCUT2D eigenvalue weighted by molar-refractivity contribution is 1.28. The van der Waals surface area contributed by atoms with Crippen molar-refractivity contribution in [2.24, 2.45) is 0 Å². The number of hydrogen-bond donors (Lipinski definition) is 0. The smallest absolute Gasteiger partial charge is 0.0462 e. The Labute approximate surface area is 469 Å². The van der Waals surface area contributed by atoms with Crippen LogP contribution in [0.15, 0.2) is 315 Å². The Morgan fingerprint density at radius 2 is 0.438 bits per heavy atom. The van der Waals surface area contributed by atoms with Gasteiger partial charge in [-0.15, -0.1) is 0 Å². The standard InChI is InChI=1S/C78H56N2/c1-7-21-57(22-8-1)37-39-59-25-19-27-63(53-59)65-45-51-73-75(55-65)77(61-41-47-71(48-42-61)79(67-29-11-3-12-30-67)68-31-13-4-14-32-68)74-52-46-66(64-28-20-26-60(54-64)40-38-58-23-9-2-10-24-58)56-76(74)78(73)62-43-49-72(50-44-62)80(69-33-15-5-16-34-69)70-35-17-6-18-36-70/h1-56H. The van der Waals surface area contributed by atoms with Crippen LogP contribution in [-0.4, -0.2) is 0 Å². The van der Waals surface area contributed by atoms with Crippen LogP contribution in [0.25, 0.3) is 90.4 Å². The van der Waals surface area contributed by atoms with E-state index in [-0.39, 0.29) is 0 Å². The third kappa shape index (κ3) is 10.4. The van der Waals surface area contributed by atoms with Gasteiger partial charge in [-0.25, -0.2) is 0 Å². The number of hydrogen-bond acceptors (Lipinski definition) is 2. The van der Waals surface area contributed by atoms with Crippen molar-refractivity contribution in [2.45, 2.75) is 0 Å². The molecular weight excluding hydrogens is 965 g/mol. The minimum atomic E-state index is 1.08. The van der Waals surface area contributed by atoms with Crippen molar-refractivity contribution in [3.8, 4) is 44.5 Å². The highest BCUT2D eigenvalue weighted by molar-refractivity contribution is 6.22. The summed E-state index contributed by atoms with van der Waals surface area (Å²) < 4.78 is 0. The molecule has 0 aliphatic carbocycles. The topological polar surface area (TPSA) is 6.48 Å². The molecule has 2 nitrogen and oxygen atoms in total. The zero-order valence-corrected chi connectivity index (χ0v) is 44.2. The van der Waals surface area contributed by atoms with Crippen LogP contribution < -0.4 is 9.80 Å². The Kier molecular flexibility index (Phi) is 13.8. The van der Waals surface area contributed by atoms with Gasteiger partial charge in [-0.2, -0.15) is 0 Å². The minimum absolute atomic E-state index is 1.08. The number of anilines is 6. The van der Waals surface area contributed by atoms with Gasteiger partial charge in [0, 0.05) is 34.1 Å². The lowest BCUT2D eigenvalue weighted by Gasteiger charge is -2.26. The van der Waals surface area contributed by atoms with Crippen LogP contribution >= 0.6 is 0 Å². The zero-order valence-electron chi connectivity index (χ0n) is 44.2. The zero-order chi connectivity index (χ0) is 53.5. The predicted octanol–water partition coefficient (Wildman–Crippen LogP) is 21.9. The van der Waals surface area contributed by atoms with Crippen LogP contribution in [0, 0.1) is 0 Å². The van der Waals surface area contributed by atoms with Crippen LogP contribution in [0.3, 0.4) is 0 Å². The highest BCUT2D eigenvalue weighted by atomic mass is 15.1. The molecule has 0 aromatic heterocycles. The quantitative estimate of drug-likeness (QED) is 0.0791. The fourth-order valence-corrected chi connectivity index (χ4v) is 11.1. The van der Waals surface area contributed by atoms with Gasteiger partial charge in [0.25, 0.3) is 0 Å². The van der Waals surface area contributed by atoms with Crippen LogP contribution in [0.2, 0.25) is 0 Å². The van der Waals surface area contributed by atoms with Gasteiger partial charge in [0.05, 0.1) is 0 Å². The molecule has 0 heterocycles. The van der Waals surface area contributed by atoms with E-state index >= 15 is 0 Å². The number of benzene rings is 13. The lowest BCUT2D eigenvalue weighted by atomic mass is 9.83. The summed E-state index contributed by atoms with van der Waals surface area (Å²) in [6.45, 7) is 0. The molecule has 0 saturated heterocycles. The first-order valence-corrected chi connectivity index (χ1v) is 27.4. The van der Waals surface area contributed by atoms with Crippen molar-refractivity contribution < 1.29 is 0 Å². The van der Waals surface area contributed by atoms with Crippen LogP contribution in [0.5, 0.6) is 0 Å². The highest BCUT2D eigenvalue weighted by Crippen LogP contribution is 2.48. The van der Waals surface area contributed by atoms with Gasteiger partial charge in [0.2, 0.25) is 0 Å². The molecule has 13 aromatic rings. The molecule has 0 aliphatic heterocycles. The third-order valence-corrected chi connectivity index (χ3v) is 15.0. The number of para-hydroxylation sites is 4. The summed E-state index contributed by atoms with van der Waals surface area (Å²) in [5, 5.41) is 4.74. The molecule has 0 amide bonds. The molecule has 13 aromatic carbocycles. The van der Waals surface area contributed by atoms with Crippen LogP contribution in [0.1, 0.15) is 22.3 Å². The van der Waals surface area contributed by atoms with Crippen molar-refractivity contribution in [1.29, 1.82) is 0 Å². The Morgan fingerprint density at radius 3 is 0.775 bits per heavy atom. The van der Waals surface area contributed by atoms with E-state index in [1.54, 1.807) is 0 Å². The number of fused-ring (bicyclic) bond motifs is 2. The van der Waals surface area contributed by atoms with E-state index in [0.29, 0.717) is 0 Å². The van der Waals surface area contributed by atoms with Crippen LogP contribution in [-0.2, 0) is 0 Å². The highest BCUT2D eigenvalue weighted by Gasteiger charge is 2.21. The van der Waals surface area contributed by atoms with Crippen LogP contribution in [0.4, 0.5) is 34.1 Å². The molecule has 0 aliphatic rings. The van der Waals surface area contributed by atoms with Crippen molar-refractivity contribution >= 4 is 80.0 Å². The fraction of sp³-hybridized carbons (Fsp3) is 0. The molecule has 0 saturated carbocycles. The minimum Gasteiger partial charge on any atom is -0.311 e. The second kappa shape index (κ2) is 22.6. The molecule has 0 bridgehead atoms. The van der Waals surface area contributed by atoms with E-state index in [1.165, 1.54) is 43.8 Å². The normalized spacial score (nSPS) is 11.4. The van der Waals surface area contributed by atoms with Crippen molar-refractivity contribution in [3.05, 3.63) is 338 Å². The van der Waals surface area contributed by atoms with Crippen molar-refractivity contribution in [1.82, 2.24) is 0 Å². The molecule has 0 radical (unpaired) electrons.